The van der Waals surface area contributed by atoms with E-state index in [-0.39, 0.29) is 11.3 Å². The molecule has 0 saturated carbocycles. The van der Waals surface area contributed by atoms with Crippen LogP contribution < -0.4 is 0 Å². The van der Waals surface area contributed by atoms with Crippen molar-refractivity contribution in [3.05, 3.63) is 34.9 Å². The van der Waals surface area contributed by atoms with Crippen LogP contribution >= 0.6 is 11.6 Å². The highest BCUT2D eigenvalue weighted by molar-refractivity contribution is 6.21. The number of halogens is 1. The minimum Gasteiger partial charge on any atom is -0.341 e. The van der Waals surface area contributed by atoms with Crippen molar-refractivity contribution in [1.82, 2.24) is 4.90 Å². The lowest BCUT2D eigenvalue weighted by molar-refractivity contribution is -0.131. The van der Waals surface area contributed by atoms with E-state index in [0.717, 1.165) is 18.5 Å². The predicted octanol–water partition coefficient (Wildman–Crippen LogP) is 3.32. The van der Waals surface area contributed by atoms with Gasteiger partial charge in [-0.2, -0.15) is 0 Å². The van der Waals surface area contributed by atoms with Gasteiger partial charge in [0.15, 0.2) is 0 Å². The number of rotatable bonds is 2. The van der Waals surface area contributed by atoms with Gasteiger partial charge in [-0.3, -0.25) is 4.79 Å². The third kappa shape index (κ3) is 3.50. The van der Waals surface area contributed by atoms with Gasteiger partial charge in [0.05, 0.1) is 11.8 Å². The van der Waals surface area contributed by atoms with Gasteiger partial charge in [0.1, 0.15) is 0 Å². The predicted molar refractivity (Wildman–Crippen MR) is 79.6 cm³/mol. The summed E-state index contributed by atoms with van der Waals surface area (Å²) in [6, 6.07) is 6.24. The van der Waals surface area contributed by atoms with E-state index in [1.807, 2.05) is 11.0 Å². The molecule has 1 heterocycles. The molecular formula is C16H22ClNO. The number of alkyl halides is 1. The van der Waals surface area contributed by atoms with Gasteiger partial charge in [-0.1, -0.05) is 25.1 Å². The molecule has 2 rings (SSSR count). The molecule has 0 radical (unpaired) electrons. The Kier molecular flexibility index (Phi) is 4.51. The average Bonchev–Trinajstić information content (AvgIpc) is 2.37. The summed E-state index contributed by atoms with van der Waals surface area (Å²) in [5.41, 5.74) is 3.61. The molecule has 104 valence electrons. The molecule has 2 atom stereocenters. The van der Waals surface area contributed by atoms with Crippen molar-refractivity contribution in [2.24, 2.45) is 5.92 Å². The molecule has 1 aliphatic rings. The number of benzene rings is 1. The Bertz CT molecular complexity index is 472. The SMILES string of the molecule is Cc1ccc(CC(=O)N2CCC(C)C(Cl)C2)cc1C. The van der Waals surface area contributed by atoms with Crippen molar-refractivity contribution in [1.29, 1.82) is 0 Å². The van der Waals surface area contributed by atoms with Gasteiger partial charge in [-0.15, -0.1) is 11.6 Å². The van der Waals surface area contributed by atoms with Gasteiger partial charge in [-0.05, 0) is 42.9 Å². The Labute approximate surface area is 120 Å². The van der Waals surface area contributed by atoms with Gasteiger partial charge in [0.2, 0.25) is 5.91 Å². The number of carbonyl (C=O) groups is 1. The molecule has 1 aliphatic heterocycles. The Morgan fingerprint density at radius 1 is 1.37 bits per heavy atom. The summed E-state index contributed by atoms with van der Waals surface area (Å²) in [5.74, 6) is 0.702. The van der Waals surface area contributed by atoms with E-state index in [4.69, 9.17) is 11.6 Å². The number of hydrogen-bond donors (Lipinski definition) is 0. The van der Waals surface area contributed by atoms with E-state index >= 15 is 0 Å². The number of piperidine rings is 1. The van der Waals surface area contributed by atoms with E-state index in [1.54, 1.807) is 0 Å². The summed E-state index contributed by atoms with van der Waals surface area (Å²) in [5, 5.41) is 0.0949. The van der Waals surface area contributed by atoms with Gasteiger partial charge < -0.3 is 4.90 Å². The fraction of sp³-hybridized carbons (Fsp3) is 0.562. The van der Waals surface area contributed by atoms with Crippen LogP contribution in [0.15, 0.2) is 18.2 Å². The average molecular weight is 280 g/mol. The highest BCUT2D eigenvalue weighted by Gasteiger charge is 2.27. The normalized spacial score (nSPS) is 23.5. The topological polar surface area (TPSA) is 20.3 Å². The monoisotopic (exact) mass is 279 g/mol. The van der Waals surface area contributed by atoms with E-state index in [9.17, 15) is 4.79 Å². The molecule has 0 aromatic heterocycles. The number of nitrogens with zero attached hydrogens (tertiary/aromatic N) is 1. The molecule has 2 unspecified atom stereocenters. The molecule has 19 heavy (non-hydrogen) atoms. The number of likely N-dealkylation sites (tertiary alicyclic amines) is 1. The maximum absolute atomic E-state index is 12.3. The molecule has 2 nitrogen and oxygen atoms in total. The lowest BCUT2D eigenvalue weighted by Crippen LogP contribution is -2.44. The van der Waals surface area contributed by atoms with Crippen LogP contribution in [0, 0.1) is 19.8 Å². The lowest BCUT2D eigenvalue weighted by Gasteiger charge is -2.34. The Hall–Kier alpha value is -1.02. The first-order valence-corrected chi connectivity index (χ1v) is 7.39. The zero-order valence-corrected chi connectivity index (χ0v) is 12.7. The smallest absolute Gasteiger partial charge is 0.227 e. The van der Waals surface area contributed by atoms with Crippen molar-refractivity contribution in [2.45, 2.75) is 39.0 Å². The van der Waals surface area contributed by atoms with E-state index in [0.29, 0.717) is 18.9 Å². The largest absolute Gasteiger partial charge is 0.341 e. The standard InChI is InChI=1S/C16H22ClNO/c1-11-4-5-14(8-13(11)3)9-16(19)18-7-6-12(2)15(17)10-18/h4-5,8,12,15H,6-7,9-10H2,1-3H3. The van der Waals surface area contributed by atoms with Crippen LogP contribution in [0.2, 0.25) is 0 Å². The summed E-state index contributed by atoms with van der Waals surface area (Å²) in [4.78, 5) is 14.2. The first-order valence-electron chi connectivity index (χ1n) is 6.95. The summed E-state index contributed by atoms with van der Waals surface area (Å²) in [7, 11) is 0. The van der Waals surface area contributed by atoms with Crippen LogP contribution in [0.25, 0.3) is 0 Å². The van der Waals surface area contributed by atoms with Crippen LogP contribution in [0.1, 0.15) is 30.0 Å². The van der Waals surface area contributed by atoms with Crippen LogP contribution in [-0.4, -0.2) is 29.3 Å². The Morgan fingerprint density at radius 2 is 2.11 bits per heavy atom. The molecular weight excluding hydrogens is 258 g/mol. The molecule has 1 amide bonds. The zero-order chi connectivity index (χ0) is 14.0. The van der Waals surface area contributed by atoms with E-state index in [2.05, 4.69) is 32.9 Å². The molecule has 0 spiro atoms. The maximum Gasteiger partial charge on any atom is 0.227 e. The van der Waals surface area contributed by atoms with Crippen molar-refractivity contribution in [2.75, 3.05) is 13.1 Å². The molecule has 1 aromatic carbocycles. The molecule has 0 aliphatic carbocycles. The summed E-state index contributed by atoms with van der Waals surface area (Å²) >= 11 is 6.26. The second-order valence-electron chi connectivity index (χ2n) is 5.72. The zero-order valence-electron chi connectivity index (χ0n) is 11.9. The van der Waals surface area contributed by atoms with E-state index in [1.165, 1.54) is 11.1 Å². The van der Waals surface area contributed by atoms with Crippen molar-refractivity contribution < 1.29 is 4.79 Å². The van der Waals surface area contributed by atoms with Gasteiger partial charge in [0.25, 0.3) is 0 Å². The van der Waals surface area contributed by atoms with Gasteiger partial charge >= 0.3 is 0 Å². The molecule has 1 aromatic rings. The summed E-state index contributed by atoms with van der Waals surface area (Å²) in [6.45, 7) is 7.86. The van der Waals surface area contributed by atoms with Crippen molar-refractivity contribution in [3.8, 4) is 0 Å². The third-order valence-electron chi connectivity index (χ3n) is 4.15. The first kappa shape index (κ1) is 14.4. The van der Waals surface area contributed by atoms with Crippen molar-refractivity contribution in [3.63, 3.8) is 0 Å². The van der Waals surface area contributed by atoms with Gasteiger partial charge in [-0.25, -0.2) is 0 Å². The number of amides is 1. The fourth-order valence-electron chi connectivity index (χ4n) is 2.45. The highest BCUT2D eigenvalue weighted by Crippen LogP contribution is 2.22. The first-order chi connectivity index (χ1) is 8.97. The Morgan fingerprint density at radius 3 is 2.74 bits per heavy atom. The lowest BCUT2D eigenvalue weighted by atomic mass is 9.97. The minimum absolute atomic E-state index is 0.0949. The molecule has 1 fully saturated rings. The molecule has 0 N–H and O–H groups in total. The third-order valence-corrected chi connectivity index (χ3v) is 4.71. The summed E-state index contributed by atoms with van der Waals surface area (Å²) in [6.07, 6.45) is 1.49. The molecule has 3 heteroatoms. The van der Waals surface area contributed by atoms with E-state index < -0.39 is 0 Å². The second kappa shape index (κ2) is 5.96. The highest BCUT2D eigenvalue weighted by atomic mass is 35.5. The Balaban J connectivity index is 1.99. The number of hydrogen-bond acceptors (Lipinski definition) is 1. The van der Waals surface area contributed by atoms with Crippen LogP contribution in [0.3, 0.4) is 0 Å². The quantitative estimate of drug-likeness (QED) is 0.761. The number of carbonyl (C=O) groups excluding carboxylic acids is 1. The minimum atomic E-state index is 0.0949. The number of aryl methyl sites for hydroxylation is 2. The summed E-state index contributed by atoms with van der Waals surface area (Å²) < 4.78 is 0. The molecule has 0 bridgehead atoms. The molecule has 1 saturated heterocycles. The van der Waals surface area contributed by atoms with Crippen molar-refractivity contribution >= 4 is 17.5 Å². The van der Waals surface area contributed by atoms with Crippen LogP contribution in [-0.2, 0) is 11.2 Å². The maximum atomic E-state index is 12.3. The second-order valence-corrected chi connectivity index (χ2v) is 6.28. The van der Waals surface area contributed by atoms with Crippen LogP contribution in [0.4, 0.5) is 0 Å². The fourth-order valence-corrected chi connectivity index (χ4v) is 2.74. The van der Waals surface area contributed by atoms with Gasteiger partial charge in [0, 0.05) is 13.1 Å². The van der Waals surface area contributed by atoms with Crippen LogP contribution in [0.5, 0.6) is 0 Å².